The summed E-state index contributed by atoms with van der Waals surface area (Å²) in [6.45, 7) is 0.524. The predicted octanol–water partition coefficient (Wildman–Crippen LogP) is 5.57. The second kappa shape index (κ2) is 7.19. The Hall–Kier alpha value is -3.86. The van der Waals surface area contributed by atoms with Gasteiger partial charge in [0.2, 0.25) is 0 Å². The molecule has 4 nitrogen and oxygen atoms in total. The van der Waals surface area contributed by atoms with Crippen molar-refractivity contribution in [3.05, 3.63) is 102 Å². The molecule has 3 aromatic carbocycles. The Kier molecular flexibility index (Phi) is 4.36. The Bertz CT molecular complexity index is 1380. The Labute approximate surface area is 173 Å². The molecule has 0 saturated carbocycles. The van der Waals surface area contributed by atoms with E-state index >= 15 is 0 Å². The van der Waals surface area contributed by atoms with Crippen molar-refractivity contribution in [2.45, 2.75) is 6.54 Å². The number of aromatic nitrogens is 2. The van der Waals surface area contributed by atoms with E-state index in [4.69, 9.17) is 0 Å². The fourth-order valence-electron chi connectivity index (χ4n) is 3.92. The van der Waals surface area contributed by atoms with Crippen LogP contribution in [-0.2, 0) is 13.6 Å². The summed E-state index contributed by atoms with van der Waals surface area (Å²) >= 11 is 0. The first-order valence-electron chi connectivity index (χ1n) is 9.78. The van der Waals surface area contributed by atoms with Crippen molar-refractivity contribution in [2.75, 3.05) is 5.32 Å². The molecule has 5 heteroatoms. The van der Waals surface area contributed by atoms with Gasteiger partial charge in [-0.2, -0.15) is 0 Å². The van der Waals surface area contributed by atoms with Crippen molar-refractivity contribution >= 4 is 33.4 Å². The number of aryl methyl sites for hydroxylation is 1. The first kappa shape index (κ1) is 18.2. The standard InChI is InChI=1S/C25H20FN3O/c1-28-12-11-18-14-21(8-10-22(18)28)27-25(30)24-15-19-13-20(26)7-9-23(19)29(24)16-17-5-3-2-4-6-17/h2-15H,16H2,1H3,(H,27,30). The number of carbonyl (C=O) groups is 1. The molecule has 0 aliphatic rings. The highest BCUT2D eigenvalue weighted by Gasteiger charge is 2.17. The highest BCUT2D eigenvalue weighted by molar-refractivity contribution is 6.07. The lowest BCUT2D eigenvalue weighted by Crippen LogP contribution is -2.17. The van der Waals surface area contributed by atoms with Crippen LogP contribution in [0.4, 0.5) is 10.1 Å². The number of hydrogen-bond acceptors (Lipinski definition) is 1. The summed E-state index contributed by atoms with van der Waals surface area (Å²) < 4.78 is 17.8. The van der Waals surface area contributed by atoms with Gasteiger partial charge >= 0.3 is 0 Å². The third-order valence-electron chi connectivity index (χ3n) is 5.42. The minimum Gasteiger partial charge on any atom is -0.351 e. The van der Waals surface area contributed by atoms with Gasteiger partial charge in [-0.05, 0) is 54.1 Å². The zero-order valence-corrected chi connectivity index (χ0v) is 16.5. The summed E-state index contributed by atoms with van der Waals surface area (Å²) in [5.41, 5.74) is 4.21. The lowest BCUT2D eigenvalue weighted by Gasteiger charge is -2.12. The lowest BCUT2D eigenvalue weighted by atomic mass is 10.2. The molecule has 2 aromatic heterocycles. The summed E-state index contributed by atoms with van der Waals surface area (Å²) in [7, 11) is 1.99. The molecule has 1 N–H and O–H groups in total. The summed E-state index contributed by atoms with van der Waals surface area (Å²) in [6.07, 6.45) is 1.99. The average molecular weight is 397 g/mol. The van der Waals surface area contributed by atoms with Crippen molar-refractivity contribution in [3.8, 4) is 0 Å². The van der Waals surface area contributed by atoms with Crippen molar-refractivity contribution in [1.82, 2.24) is 9.13 Å². The zero-order valence-electron chi connectivity index (χ0n) is 16.5. The fourth-order valence-corrected chi connectivity index (χ4v) is 3.92. The van der Waals surface area contributed by atoms with Gasteiger partial charge in [-0.15, -0.1) is 0 Å². The van der Waals surface area contributed by atoms with Gasteiger partial charge in [0.25, 0.3) is 5.91 Å². The molecular formula is C25H20FN3O. The highest BCUT2D eigenvalue weighted by atomic mass is 19.1. The van der Waals surface area contributed by atoms with Crippen LogP contribution in [0.3, 0.4) is 0 Å². The maximum atomic E-state index is 13.8. The fraction of sp³-hybridized carbons (Fsp3) is 0.0800. The van der Waals surface area contributed by atoms with Gasteiger partial charge in [-0.25, -0.2) is 4.39 Å². The summed E-state index contributed by atoms with van der Waals surface area (Å²) in [5, 5.41) is 4.76. The van der Waals surface area contributed by atoms with Crippen LogP contribution in [0.1, 0.15) is 16.1 Å². The van der Waals surface area contributed by atoms with E-state index in [1.165, 1.54) is 12.1 Å². The quantitative estimate of drug-likeness (QED) is 0.423. The number of nitrogens with zero attached hydrogens (tertiary/aromatic N) is 2. The largest absolute Gasteiger partial charge is 0.351 e. The van der Waals surface area contributed by atoms with Gasteiger partial charge in [0.15, 0.2) is 0 Å². The van der Waals surface area contributed by atoms with E-state index in [0.29, 0.717) is 17.6 Å². The van der Waals surface area contributed by atoms with Crippen LogP contribution in [0.15, 0.2) is 85.1 Å². The molecule has 0 aliphatic carbocycles. The van der Waals surface area contributed by atoms with E-state index in [9.17, 15) is 9.18 Å². The van der Waals surface area contributed by atoms with E-state index in [1.54, 1.807) is 12.1 Å². The summed E-state index contributed by atoms with van der Waals surface area (Å²) in [5.74, 6) is -0.543. The van der Waals surface area contributed by atoms with E-state index in [1.807, 2.05) is 77.0 Å². The maximum absolute atomic E-state index is 13.8. The molecule has 0 saturated heterocycles. The Morgan fingerprint density at radius 1 is 0.900 bits per heavy atom. The van der Waals surface area contributed by atoms with Crippen molar-refractivity contribution in [2.24, 2.45) is 7.05 Å². The van der Waals surface area contributed by atoms with Crippen molar-refractivity contribution in [1.29, 1.82) is 0 Å². The van der Waals surface area contributed by atoms with Gasteiger partial charge in [-0.1, -0.05) is 30.3 Å². The molecular weight excluding hydrogens is 377 g/mol. The number of fused-ring (bicyclic) bond motifs is 2. The van der Waals surface area contributed by atoms with Crippen LogP contribution in [-0.4, -0.2) is 15.0 Å². The number of benzene rings is 3. The van der Waals surface area contributed by atoms with E-state index < -0.39 is 0 Å². The molecule has 0 unspecified atom stereocenters. The number of halogens is 1. The average Bonchev–Trinajstić information content (AvgIpc) is 3.29. The van der Waals surface area contributed by atoms with Gasteiger partial charge in [-0.3, -0.25) is 4.79 Å². The van der Waals surface area contributed by atoms with E-state index in [-0.39, 0.29) is 11.7 Å². The first-order chi connectivity index (χ1) is 14.6. The van der Waals surface area contributed by atoms with Crippen LogP contribution < -0.4 is 5.32 Å². The Morgan fingerprint density at radius 2 is 1.70 bits per heavy atom. The molecule has 0 aliphatic heterocycles. The van der Waals surface area contributed by atoms with Crippen molar-refractivity contribution < 1.29 is 9.18 Å². The predicted molar refractivity (Wildman–Crippen MR) is 118 cm³/mol. The Balaban J connectivity index is 1.54. The highest BCUT2D eigenvalue weighted by Crippen LogP contribution is 2.25. The van der Waals surface area contributed by atoms with Crippen LogP contribution in [0.25, 0.3) is 21.8 Å². The first-order valence-corrected chi connectivity index (χ1v) is 9.78. The lowest BCUT2D eigenvalue weighted by molar-refractivity contribution is 0.101. The molecule has 148 valence electrons. The maximum Gasteiger partial charge on any atom is 0.272 e. The van der Waals surface area contributed by atoms with Crippen molar-refractivity contribution in [3.63, 3.8) is 0 Å². The smallest absolute Gasteiger partial charge is 0.272 e. The Morgan fingerprint density at radius 3 is 2.53 bits per heavy atom. The SMILES string of the molecule is Cn1ccc2cc(NC(=O)c3cc4cc(F)ccc4n3Cc3ccccc3)ccc21. The van der Waals surface area contributed by atoms with Crippen LogP contribution in [0, 0.1) is 5.82 Å². The molecule has 5 aromatic rings. The van der Waals surface area contributed by atoms with Crippen LogP contribution in [0.5, 0.6) is 0 Å². The van der Waals surface area contributed by atoms with Gasteiger partial charge in [0, 0.05) is 47.3 Å². The number of nitrogens with one attached hydrogen (secondary N) is 1. The zero-order chi connectivity index (χ0) is 20.7. The summed E-state index contributed by atoms with van der Waals surface area (Å²) in [6, 6.07) is 24.1. The monoisotopic (exact) mass is 397 g/mol. The number of carbonyl (C=O) groups excluding carboxylic acids is 1. The van der Waals surface area contributed by atoms with E-state index in [0.717, 1.165) is 27.7 Å². The normalized spacial score (nSPS) is 11.3. The molecule has 1 amide bonds. The van der Waals surface area contributed by atoms with Gasteiger partial charge in [0.05, 0.1) is 0 Å². The van der Waals surface area contributed by atoms with Crippen LogP contribution >= 0.6 is 0 Å². The third-order valence-corrected chi connectivity index (χ3v) is 5.42. The minimum atomic E-state index is -0.319. The molecule has 30 heavy (non-hydrogen) atoms. The van der Waals surface area contributed by atoms with Gasteiger partial charge < -0.3 is 14.5 Å². The minimum absolute atomic E-state index is 0.224. The number of amides is 1. The number of hydrogen-bond donors (Lipinski definition) is 1. The topological polar surface area (TPSA) is 39.0 Å². The molecule has 0 radical (unpaired) electrons. The summed E-state index contributed by atoms with van der Waals surface area (Å²) in [4.78, 5) is 13.2. The molecule has 0 fully saturated rings. The molecule has 5 rings (SSSR count). The molecule has 0 spiro atoms. The van der Waals surface area contributed by atoms with E-state index in [2.05, 4.69) is 5.32 Å². The second-order valence-electron chi connectivity index (χ2n) is 7.46. The number of rotatable bonds is 4. The molecule has 0 atom stereocenters. The third kappa shape index (κ3) is 3.24. The van der Waals surface area contributed by atoms with Gasteiger partial charge in [0.1, 0.15) is 11.5 Å². The van der Waals surface area contributed by atoms with Crippen LogP contribution in [0.2, 0.25) is 0 Å². The second-order valence-corrected chi connectivity index (χ2v) is 7.46. The molecule has 0 bridgehead atoms. The molecule has 2 heterocycles. The number of anilines is 1.